The van der Waals surface area contributed by atoms with Crippen molar-refractivity contribution < 1.29 is 29.0 Å². The molecule has 1 N–H and O–H groups in total. The SMILES string of the molecule is CC(CCCCOC(=O)c1c(Cl)c(Cl)cc(Cl)c1OC(=O)C(=O)O)C1CC1. The van der Waals surface area contributed by atoms with Gasteiger partial charge < -0.3 is 14.6 Å². The van der Waals surface area contributed by atoms with Gasteiger partial charge in [0.25, 0.3) is 0 Å². The molecule has 2 rings (SSSR count). The molecule has 0 bridgehead atoms. The standard InChI is InChI=1S/C18H19Cl3O6/c1-9(10-5-6-10)4-2-3-7-26-17(24)13-14(21)11(19)8-12(20)15(13)27-18(25)16(22)23/h8-10H,2-7H2,1H3,(H,22,23). The van der Waals surface area contributed by atoms with Gasteiger partial charge in [0, 0.05) is 0 Å². The number of benzene rings is 1. The Hall–Kier alpha value is -1.50. The molecule has 0 aliphatic heterocycles. The van der Waals surface area contributed by atoms with Crippen LogP contribution in [0.2, 0.25) is 15.1 Å². The highest BCUT2D eigenvalue weighted by Gasteiger charge is 2.28. The molecule has 0 radical (unpaired) electrons. The molecule has 0 amide bonds. The molecule has 27 heavy (non-hydrogen) atoms. The summed E-state index contributed by atoms with van der Waals surface area (Å²) in [6.07, 6.45) is 5.23. The fraction of sp³-hybridized carbons (Fsp3) is 0.500. The minimum atomic E-state index is -1.85. The van der Waals surface area contributed by atoms with Crippen LogP contribution in [-0.2, 0) is 14.3 Å². The van der Waals surface area contributed by atoms with Gasteiger partial charge in [-0.05, 0) is 43.6 Å². The van der Waals surface area contributed by atoms with Crippen LogP contribution in [0.4, 0.5) is 0 Å². The van der Waals surface area contributed by atoms with E-state index in [2.05, 4.69) is 11.7 Å². The highest BCUT2D eigenvalue weighted by atomic mass is 35.5. The minimum Gasteiger partial charge on any atom is -0.473 e. The van der Waals surface area contributed by atoms with E-state index in [1.807, 2.05) is 0 Å². The smallest absolute Gasteiger partial charge is 0.422 e. The molecule has 0 saturated heterocycles. The Morgan fingerprint density at radius 1 is 1.19 bits per heavy atom. The molecule has 1 saturated carbocycles. The third-order valence-corrected chi connectivity index (χ3v) is 5.48. The van der Waals surface area contributed by atoms with E-state index in [4.69, 9.17) is 44.6 Å². The van der Waals surface area contributed by atoms with Crippen LogP contribution in [0, 0.1) is 11.8 Å². The van der Waals surface area contributed by atoms with Gasteiger partial charge in [0.1, 0.15) is 5.56 Å². The number of carboxylic acid groups (broad SMARTS) is 1. The van der Waals surface area contributed by atoms with E-state index in [0.29, 0.717) is 12.3 Å². The van der Waals surface area contributed by atoms with Gasteiger partial charge >= 0.3 is 17.9 Å². The van der Waals surface area contributed by atoms with E-state index < -0.39 is 23.7 Å². The lowest BCUT2D eigenvalue weighted by atomic mass is 9.99. The molecule has 0 spiro atoms. The number of carbonyl (C=O) groups excluding carboxylic acids is 2. The van der Waals surface area contributed by atoms with Crippen LogP contribution < -0.4 is 4.74 Å². The van der Waals surface area contributed by atoms with Crippen molar-refractivity contribution in [2.24, 2.45) is 11.8 Å². The largest absolute Gasteiger partial charge is 0.473 e. The number of hydrogen-bond acceptors (Lipinski definition) is 5. The minimum absolute atomic E-state index is 0.0537. The first-order valence-corrected chi connectivity index (χ1v) is 9.65. The summed E-state index contributed by atoms with van der Waals surface area (Å²) in [6, 6.07) is 1.14. The van der Waals surface area contributed by atoms with Crippen LogP contribution >= 0.6 is 34.8 Å². The maximum atomic E-state index is 12.4. The highest BCUT2D eigenvalue weighted by molar-refractivity contribution is 6.46. The Morgan fingerprint density at radius 2 is 1.85 bits per heavy atom. The molecule has 1 fully saturated rings. The Kier molecular flexibility index (Phi) is 7.77. The summed E-state index contributed by atoms with van der Waals surface area (Å²) >= 11 is 17.9. The summed E-state index contributed by atoms with van der Waals surface area (Å²) in [5.74, 6) is -3.35. The van der Waals surface area contributed by atoms with Crippen molar-refractivity contribution in [3.8, 4) is 5.75 Å². The van der Waals surface area contributed by atoms with Crippen LogP contribution in [0.3, 0.4) is 0 Å². The first-order chi connectivity index (χ1) is 12.7. The number of rotatable bonds is 8. The molecule has 1 aliphatic carbocycles. The third kappa shape index (κ3) is 5.99. The van der Waals surface area contributed by atoms with E-state index in [9.17, 15) is 14.4 Å². The molecule has 1 aromatic carbocycles. The summed E-state index contributed by atoms with van der Waals surface area (Å²) in [5, 5.41) is 8.16. The number of ether oxygens (including phenoxy) is 2. The Morgan fingerprint density at radius 3 is 2.44 bits per heavy atom. The Bertz CT molecular complexity index is 745. The number of halogens is 3. The second-order valence-electron chi connectivity index (χ2n) is 6.50. The third-order valence-electron chi connectivity index (χ3n) is 4.41. The van der Waals surface area contributed by atoms with E-state index >= 15 is 0 Å². The Labute approximate surface area is 171 Å². The number of esters is 2. The average molecular weight is 438 g/mol. The molecule has 1 aromatic rings. The zero-order chi connectivity index (χ0) is 20.1. The Balaban J connectivity index is 2.02. The van der Waals surface area contributed by atoms with Gasteiger partial charge in [-0.15, -0.1) is 0 Å². The molecular weight excluding hydrogens is 419 g/mol. The maximum absolute atomic E-state index is 12.4. The van der Waals surface area contributed by atoms with E-state index in [-0.39, 0.29) is 27.2 Å². The first-order valence-electron chi connectivity index (χ1n) is 8.52. The predicted octanol–water partition coefficient (Wildman–Crippen LogP) is 5.01. The van der Waals surface area contributed by atoms with Crippen molar-refractivity contribution in [1.82, 2.24) is 0 Å². The fourth-order valence-corrected chi connectivity index (χ4v) is 3.42. The molecule has 6 nitrogen and oxygen atoms in total. The summed E-state index contributed by atoms with van der Waals surface area (Å²) in [7, 11) is 0. The number of carbonyl (C=O) groups is 3. The summed E-state index contributed by atoms with van der Waals surface area (Å²) in [5.41, 5.74) is -0.380. The lowest BCUT2D eigenvalue weighted by Crippen LogP contribution is -2.21. The van der Waals surface area contributed by atoms with E-state index in [1.165, 1.54) is 12.8 Å². The van der Waals surface area contributed by atoms with Crippen molar-refractivity contribution in [3.05, 3.63) is 26.7 Å². The highest BCUT2D eigenvalue weighted by Crippen LogP contribution is 2.40. The number of hydrogen-bond donors (Lipinski definition) is 1. The maximum Gasteiger partial charge on any atom is 0.422 e. The summed E-state index contributed by atoms with van der Waals surface area (Å²) in [6.45, 7) is 2.36. The molecule has 1 atom stereocenters. The van der Waals surface area contributed by atoms with E-state index in [0.717, 1.165) is 24.8 Å². The lowest BCUT2D eigenvalue weighted by Gasteiger charge is -2.14. The molecule has 1 aliphatic rings. The van der Waals surface area contributed by atoms with Crippen LogP contribution in [-0.4, -0.2) is 29.6 Å². The molecule has 9 heteroatoms. The molecule has 0 aromatic heterocycles. The van der Waals surface area contributed by atoms with E-state index in [1.54, 1.807) is 0 Å². The van der Waals surface area contributed by atoms with Crippen LogP contribution in [0.25, 0.3) is 0 Å². The topological polar surface area (TPSA) is 89.9 Å². The number of unbranched alkanes of at least 4 members (excludes halogenated alkanes) is 1. The normalized spacial score (nSPS) is 14.5. The van der Waals surface area contributed by atoms with Gasteiger partial charge in [0.15, 0.2) is 5.75 Å². The quantitative estimate of drug-likeness (QED) is 0.202. The van der Waals surface area contributed by atoms with Crippen molar-refractivity contribution in [3.63, 3.8) is 0 Å². The summed E-state index contributed by atoms with van der Waals surface area (Å²) < 4.78 is 9.85. The number of aliphatic carboxylic acids is 1. The van der Waals surface area contributed by atoms with Crippen LogP contribution in [0.5, 0.6) is 5.75 Å². The predicted molar refractivity (Wildman–Crippen MR) is 101 cm³/mol. The molecular formula is C18H19Cl3O6. The van der Waals surface area contributed by atoms with Gasteiger partial charge in [0.05, 0.1) is 21.7 Å². The zero-order valence-corrected chi connectivity index (χ0v) is 16.9. The summed E-state index contributed by atoms with van der Waals surface area (Å²) in [4.78, 5) is 34.5. The fourth-order valence-electron chi connectivity index (χ4n) is 2.70. The zero-order valence-electron chi connectivity index (χ0n) is 14.6. The van der Waals surface area contributed by atoms with Gasteiger partial charge in [0.2, 0.25) is 0 Å². The number of carboxylic acids is 1. The van der Waals surface area contributed by atoms with Gasteiger partial charge in [-0.25, -0.2) is 14.4 Å². The monoisotopic (exact) mass is 436 g/mol. The molecule has 0 heterocycles. The second-order valence-corrected chi connectivity index (χ2v) is 7.69. The van der Waals surface area contributed by atoms with Crippen LogP contribution in [0.1, 0.15) is 49.4 Å². The van der Waals surface area contributed by atoms with Gasteiger partial charge in [-0.3, -0.25) is 0 Å². The first kappa shape index (κ1) is 21.8. The van der Waals surface area contributed by atoms with Crippen molar-refractivity contribution in [2.75, 3.05) is 6.61 Å². The lowest BCUT2D eigenvalue weighted by molar-refractivity contribution is -0.158. The average Bonchev–Trinajstić information content (AvgIpc) is 3.44. The molecule has 1 unspecified atom stereocenters. The van der Waals surface area contributed by atoms with Crippen molar-refractivity contribution in [2.45, 2.75) is 39.0 Å². The van der Waals surface area contributed by atoms with Crippen LogP contribution in [0.15, 0.2) is 6.07 Å². The second kappa shape index (κ2) is 9.62. The van der Waals surface area contributed by atoms with Crippen molar-refractivity contribution in [1.29, 1.82) is 0 Å². The van der Waals surface area contributed by atoms with Gasteiger partial charge in [-0.1, -0.05) is 48.1 Å². The van der Waals surface area contributed by atoms with Crippen molar-refractivity contribution >= 4 is 52.7 Å². The van der Waals surface area contributed by atoms with Gasteiger partial charge in [-0.2, -0.15) is 0 Å². The molecule has 148 valence electrons.